The maximum atomic E-state index is 12.7. The van der Waals surface area contributed by atoms with Crippen molar-refractivity contribution in [3.05, 3.63) is 41.4 Å². The van der Waals surface area contributed by atoms with Crippen molar-refractivity contribution < 1.29 is 4.39 Å². The lowest BCUT2D eigenvalue weighted by Gasteiger charge is -2.01. The number of benzene rings is 1. The Bertz CT molecular complexity index is 485. The van der Waals surface area contributed by atoms with E-state index in [9.17, 15) is 4.39 Å². The third-order valence-electron chi connectivity index (χ3n) is 1.90. The van der Waals surface area contributed by atoms with E-state index in [1.807, 2.05) is 0 Å². The Morgan fingerprint density at radius 1 is 1.20 bits per heavy atom. The van der Waals surface area contributed by atoms with Crippen molar-refractivity contribution in [3.8, 4) is 11.3 Å². The normalized spacial score (nSPS) is 10.3. The summed E-state index contributed by atoms with van der Waals surface area (Å²) in [6.07, 6.45) is 1.49. The van der Waals surface area contributed by atoms with Crippen LogP contribution in [0.2, 0.25) is 5.15 Å². The largest absolute Gasteiger partial charge is 0.381 e. The van der Waals surface area contributed by atoms with Crippen LogP contribution < -0.4 is 5.73 Å². The molecule has 0 fully saturated rings. The Morgan fingerprint density at radius 3 is 2.47 bits per heavy atom. The number of anilines is 1. The standard InChI is InChI=1S/C10H7ClFN3/c11-9-10(13)14-5-8(15-9)6-1-3-7(12)4-2-6/h1-5H,(H2,13,14). The molecule has 1 aromatic carbocycles. The van der Waals surface area contributed by atoms with E-state index in [1.54, 1.807) is 12.1 Å². The highest BCUT2D eigenvalue weighted by atomic mass is 35.5. The number of nitrogens with two attached hydrogens (primary N) is 1. The molecule has 5 heteroatoms. The second kappa shape index (κ2) is 3.82. The Kier molecular flexibility index (Phi) is 2.51. The van der Waals surface area contributed by atoms with Gasteiger partial charge in [0, 0.05) is 5.56 Å². The van der Waals surface area contributed by atoms with Crippen LogP contribution in [0.15, 0.2) is 30.5 Å². The predicted molar refractivity (Wildman–Crippen MR) is 56.8 cm³/mol. The van der Waals surface area contributed by atoms with E-state index >= 15 is 0 Å². The highest BCUT2D eigenvalue weighted by Crippen LogP contribution is 2.20. The monoisotopic (exact) mass is 223 g/mol. The van der Waals surface area contributed by atoms with Crippen LogP contribution in [-0.2, 0) is 0 Å². The quantitative estimate of drug-likeness (QED) is 0.808. The minimum absolute atomic E-state index is 0.150. The second-order valence-electron chi connectivity index (χ2n) is 2.94. The molecule has 0 radical (unpaired) electrons. The van der Waals surface area contributed by atoms with Crippen molar-refractivity contribution in [1.29, 1.82) is 0 Å². The molecule has 2 aromatic rings. The Morgan fingerprint density at radius 2 is 1.87 bits per heavy atom. The Hall–Kier alpha value is -1.68. The fraction of sp³-hybridized carbons (Fsp3) is 0. The first kappa shape index (κ1) is 9.86. The number of nitrogen functional groups attached to an aromatic ring is 1. The zero-order chi connectivity index (χ0) is 10.8. The number of rotatable bonds is 1. The van der Waals surface area contributed by atoms with Gasteiger partial charge >= 0.3 is 0 Å². The summed E-state index contributed by atoms with van der Waals surface area (Å²) in [5.41, 5.74) is 6.73. The van der Waals surface area contributed by atoms with Gasteiger partial charge in [0.25, 0.3) is 0 Å². The number of nitrogens with zero attached hydrogens (tertiary/aromatic N) is 2. The molecule has 3 nitrogen and oxygen atoms in total. The molecule has 2 rings (SSSR count). The smallest absolute Gasteiger partial charge is 0.171 e. The lowest BCUT2D eigenvalue weighted by molar-refractivity contribution is 0.628. The molecule has 0 saturated heterocycles. The molecular formula is C10H7ClFN3. The van der Waals surface area contributed by atoms with Gasteiger partial charge in [-0.2, -0.15) is 0 Å². The summed E-state index contributed by atoms with van der Waals surface area (Å²) < 4.78 is 12.7. The molecular weight excluding hydrogens is 217 g/mol. The van der Waals surface area contributed by atoms with Gasteiger partial charge in [-0.3, -0.25) is 0 Å². The van der Waals surface area contributed by atoms with E-state index in [0.29, 0.717) is 5.69 Å². The summed E-state index contributed by atoms with van der Waals surface area (Å²) in [7, 11) is 0. The van der Waals surface area contributed by atoms with E-state index in [-0.39, 0.29) is 16.8 Å². The molecule has 0 bridgehead atoms. The first-order valence-corrected chi connectivity index (χ1v) is 4.58. The molecule has 1 heterocycles. The van der Waals surface area contributed by atoms with Crippen LogP contribution in [0.1, 0.15) is 0 Å². The van der Waals surface area contributed by atoms with Gasteiger partial charge in [-0.15, -0.1) is 0 Å². The minimum Gasteiger partial charge on any atom is -0.381 e. The van der Waals surface area contributed by atoms with E-state index in [1.165, 1.54) is 18.3 Å². The maximum Gasteiger partial charge on any atom is 0.171 e. The fourth-order valence-electron chi connectivity index (χ4n) is 1.14. The fourth-order valence-corrected chi connectivity index (χ4v) is 1.28. The van der Waals surface area contributed by atoms with Gasteiger partial charge in [-0.05, 0) is 24.3 Å². The molecule has 0 amide bonds. The van der Waals surface area contributed by atoms with Crippen LogP contribution in [0.5, 0.6) is 0 Å². The number of hydrogen-bond acceptors (Lipinski definition) is 3. The van der Waals surface area contributed by atoms with Crippen molar-refractivity contribution in [2.24, 2.45) is 0 Å². The molecule has 0 aliphatic carbocycles. The maximum absolute atomic E-state index is 12.7. The number of hydrogen-bond donors (Lipinski definition) is 1. The molecule has 2 N–H and O–H groups in total. The van der Waals surface area contributed by atoms with E-state index in [4.69, 9.17) is 17.3 Å². The van der Waals surface area contributed by atoms with Gasteiger partial charge in [0.2, 0.25) is 0 Å². The van der Waals surface area contributed by atoms with Gasteiger partial charge in [-0.25, -0.2) is 14.4 Å². The van der Waals surface area contributed by atoms with E-state index in [2.05, 4.69) is 9.97 Å². The van der Waals surface area contributed by atoms with Gasteiger partial charge in [-0.1, -0.05) is 11.6 Å². The van der Waals surface area contributed by atoms with Crippen molar-refractivity contribution in [2.75, 3.05) is 5.73 Å². The van der Waals surface area contributed by atoms with Gasteiger partial charge < -0.3 is 5.73 Å². The van der Waals surface area contributed by atoms with Crippen LogP contribution >= 0.6 is 11.6 Å². The van der Waals surface area contributed by atoms with Crippen LogP contribution in [-0.4, -0.2) is 9.97 Å². The van der Waals surface area contributed by atoms with Crippen molar-refractivity contribution in [2.45, 2.75) is 0 Å². The predicted octanol–water partition coefficient (Wildman–Crippen LogP) is 2.52. The molecule has 1 aromatic heterocycles. The van der Waals surface area contributed by atoms with Gasteiger partial charge in [0.1, 0.15) is 5.82 Å². The second-order valence-corrected chi connectivity index (χ2v) is 3.30. The summed E-state index contributed by atoms with van der Waals surface area (Å²) >= 11 is 5.72. The highest BCUT2D eigenvalue weighted by Gasteiger charge is 2.04. The molecule has 15 heavy (non-hydrogen) atoms. The van der Waals surface area contributed by atoms with Crippen LogP contribution in [0.3, 0.4) is 0 Å². The molecule has 0 aliphatic rings. The number of aromatic nitrogens is 2. The van der Waals surface area contributed by atoms with Crippen LogP contribution in [0.4, 0.5) is 10.2 Å². The summed E-state index contributed by atoms with van der Waals surface area (Å²) in [6.45, 7) is 0. The summed E-state index contributed by atoms with van der Waals surface area (Å²) in [5.74, 6) is -0.115. The van der Waals surface area contributed by atoms with Crippen LogP contribution in [0.25, 0.3) is 11.3 Å². The van der Waals surface area contributed by atoms with Gasteiger partial charge in [0.15, 0.2) is 11.0 Å². The number of halogens is 2. The average molecular weight is 224 g/mol. The average Bonchev–Trinajstić information content (AvgIpc) is 2.23. The molecule has 0 aliphatic heterocycles. The van der Waals surface area contributed by atoms with Gasteiger partial charge in [0.05, 0.1) is 11.9 Å². The molecule has 0 spiro atoms. The SMILES string of the molecule is Nc1ncc(-c2ccc(F)cc2)nc1Cl. The molecule has 76 valence electrons. The summed E-state index contributed by atoms with van der Waals surface area (Å²) in [6, 6.07) is 5.90. The molecule has 0 unspecified atom stereocenters. The van der Waals surface area contributed by atoms with E-state index in [0.717, 1.165) is 5.56 Å². The molecule has 0 atom stereocenters. The first-order valence-electron chi connectivity index (χ1n) is 4.21. The zero-order valence-corrected chi connectivity index (χ0v) is 8.37. The first-order chi connectivity index (χ1) is 7.16. The van der Waals surface area contributed by atoms with Crippen molar-refractivity contribution >= 4 is 17.4 Å². The third-order valence-corrected chi connectivity index (χ3v) is 2.17. The van der Waals surface area contributed by atoms with Crippen LogP contribution in [0, 0.1) is 5.82 Å². The lowest BCUT2D eigenvalue weighted by atomic mass is 10.1. The summed E-state index contributed by atoms with van der Waals surface area (Å²) in [4.78, 5) is 7.90. The Balaban J connectivity index is 2.45. The minimum atomic E-state index is -0.298. The van der Waals surface area contributed by atoms with Crippen molar-refractivity contribution in [3.63, 3.8) is 0 Å². The topological polar surface area (TPSA) is 51.8 Å². The Labute approximate surface area is 90.7 Å². The third kappa shape index (κ3) is 2.05. The van der Waals surface area contributed by atoms with Crippen molar-refractivity contribution in [1.82, 2.24) is 9.97 Å². The highest BCUT2D eigenvalue weighted by molar-refractivity contribution is 6.31. The molecule has 0 saturated carbocycles. The summed E-state index contributed by atoms with van der Waals surface area (Å²) in [5, 5.41) is 0.150. The zero-order valence-electron chi connectivity index (χ0n) is 7.61. The lowest BCUT2D eigenvalue weighted by Crippen LogP contribution is -1.95. The van der Waals surface area contributed by atoms with E-state index < -0.39 is 0 Å².